The fraction of sp³-hybridized carbons (Fsp3) is 0.0769. The topological polar surface area (TPSA) is 16.8 Å². The van der Waals surface area contributed by atoms with Gasteiger partial charge in [-0.15, -0.1) is 39.2 Å². The van der Waals surface area contributed by atoms with Crippen LogP contribution >= 0.6 is 0 Å². The molecule has 0 aliphatic heterocycles. The average molecular weight is 459 g/mol. The summed E-state index contributed by atoms with van der Waals surface area (Å²) < 4.78 is 1.89. The molecule has 1 aromatic heterocycles. The average Bonchev–Trinajstić information content (AvgIpc) is 2.74. The Morgan fingerprint density at radius 3 is 2.47 bits per heavy atom. The second-order valence-electron chi connectivity index (χ2n) is 7.06. The quantitative estimate of drug-likeness (QED) is 0.156. The molecule has 4 aromatic carbocycles. The van der Waals surface area contributed by atoms with Crippen LogP contribution in [0.2, 0.25) is 0 Å². The van der Waals surface area contributed by atoms with Gasteiger partial charge in [0.05, 0.1) is 6.20 Å². The van der Waals surface area contributed by atoms with Crippen LogP contribution in [0, 0.1) is 19.1 Å². The van der Waals surface area contributed by atoms with Gasteiger partial charge in [-0.05, 0) is 28.0 Å². The van der Waals surface area contributed by atoms with Crippen molar-refractivity contribution in [1.29, 1.82) is 0 Å². The van der Waals surface area contributed by atoms with Gasteiger partial charge in [-0.25, -0.2) is 5.56 Å². The molecular formula is C26H19BN2Y-. The summed E-state index contributed by atoms with van der Waals surface area (Å²) in [6, 6.07) is 32.5. The van der Waals surface area contributed by atoms with E-state index in [1.54, 1.807) is 6.20 Å². The van der Waals surface area contributed by atoms with Gasteiger partial charge < -0.3 is 0 Å². The molecule has 0 amide bonds. The fourth-order valence-electron chi connectivity index (χ4n) is 3.87. The van der Waals surface area contributed by atoms with Gasteiger partial charge in [0.1, 0.15) is 0 Å². The molecule has 0 bridgehead atoms. The van der Waals surface area contributed by atoms with Gasteiger partial charge in [0.2, 0.25) is 0 Å². The summed E-state index contributed by atoms with van der Waals surface area (Å²) in [6.07, 6.45) is 1.80. The molecule has 5 rings (SSSR count). The maximum atomic E-state index is 4.37. The molecule has 0 unspecified atom stereocenters. The Balaban J connectivity index is 0.00000128. The van der Waals surface area contributed by atoms with Crippen molar-refractivity contribution < 1.29 is 37.4 Å². The predicted molar refractivity (Wildman–Crippen MR) is 119 cm³/mol. The van der Waals surface area contributed by atoms with E-state index in [2.05, 4.69) is 84.8 Å². The third kappa shape index (κ3) is 3.85. The molecule has 140 valence electrons. The standard InChI is InChI=1S/C26H19N2.B.Y/c1-18-12-13-20(17-25(18)26-11-6-16-27-28(26)2)22-9-5-10-23-21-8-4-3-7-19(21)14-15-24(22)23;;/h3-8,10-16H,1-2H3;;/q-1;;. The zero-order chi connectivity index (χ0) is 19.1. The number of fused-ring (bicyclic) bond motifs is 3. The van der Waals surface area contributed by atoms with Gasteiger partial charge in [-0.2, -0.15) is 29.8 Å². The molecule has 0 atom stereocenters. The van der Waals surface area contributed by atoms with Crippen LogP contribution in [-0.4, -0.2) is 13.5 Å². The van der Waals surface area contributed by atoms with E-state index in [0.717, 1.165) is 22.4 Å². The zero-order valence-corrected chi connectivity index (χ0v) is 19.9. The fourth-order valence-corrected chi connectivity index (χ4v) is 3.87. The number of hydrogen-bond donors (Lipinski definition) is 0. The summed E-state index contributed by atoms with van der Waals surface area (Å²) in [5.74, 6) is 0. The Hall–Kier alpha value is -2.35. The largest absolute Gasteiger partial charge is 0.202 e. The molecule has 0 aliphatic rings. The van der Waals surface area contributed by atoms with Gasteiger partial charge in [0.25, 0.3) is 0 Å². The maximum Gasteiger partial charge on any atom is 0.175 e. The number of aryl methyl sites for hydroxylation is 2. The van der Waals surface area contributed by atoms with E-state index in [4.69, 9.17) is 0 Å². The Bertz CT molecular complexity index is 1350. The first kappa shape index (κ1) is 22.3. The van der Waals surface area contributed by atoms with Gasteiger partial charge in [0, 0.05) is 41.1 Å². The van der Waals surface area contributed by atoms with Crippen LogP contribution in [0.15, 0.2) is 79.0 Å². The molecule has 0 saturated carbocycles. The van der Waals surface area contributed by atoms with Gasteiger partial charge in [-0.1, -0.05) is 42.8 Å². The van der Waals surface area contributed by atoms with E-state index in [1.807, 2.05) is 23.9 Å². The van der Waals surface area contributed by atoms with E-state index in [0.29, 0.717) is 0 Å². The minimum atomic E-state index is 0. The van der Waals surface area contributed by atoms with Gasteiger partial charge in [-0.3, -0.25) is 0 Å². The van der Waals surface area contributed by atoms with Crippen molar-refractivity contribution in [2.24, 2.45) is 7.05 Å². The molecule has 30 heavy (non-hydrogen) atoms. The molecular weight excluding hydrogens is 440 g/mol. The molecule has 2 nitrogen and oxygen atoms in total. The van der Waals surface area contributed by atoms with Crippen molar-refractivity contribution in [1.82, 2.24) is 5.10 Å². The third-order valence-corrected chi connectivity index (χ3v) is 5.33. The SMILES string of the molecule is Cc1ccc(-c2[c-]ccc3c2ccc2ccccc23)[c-]c1-c1cccn[n+]1C.[B].[Y]. The van der Waals surface area contributed by atoms with Crippen molar-refractivity contribution in [3.8, 4) is 22.4 Å². The van der Waals surface area contributed by atoms with E-state index >= 15 is 0 Å². The van der Waals surface area contributed by atoms with Crippen LogP contribution in [0.3, 0.4) is 0 Å². The molecule has 4 radical (unpaired) electrons. The molecule has 4 heteroatoms. The van der Waals surface area contributed by atoms with Crippen molar-refractivity contribution >= 4 is 30.0 Å². The van der Waals surface area contributed by atoms with Crippen molar-refractivity contribution in [2.45, 2.75) is 6.92 Å². The van der Waals surface area contributed by atoms with Crippen molar-refractivity contribution in [3.63, 3.8) is 0 Å². The first-order valence-electron chi connectivity index (χ1n) is 9.39. The molecule has 0 N–H and O–H groups in total. The Labute approximate surface area is 204 Å². The third-order valence-electron chi connectivity index (χ3n) is 5.33. The van der Waals surface area contributed by atoms with E-state index in [9.17, 15) is 0 Å². The summed E-state index contributed by atoms with van der Waals surface area (Å²) in [4.78, 5) is 0. The number of nitrogens with zero attached hydrogens (tertiary/aromatic N) is 2. The predicted octanol–water partition coefficient (Wildman–Crippen LogP) is 5.07. The molecule has 0 fully saturated rings. The maximum absolute atomic E-state index is 4.37. The first-order chi connectivity index (χ1) is 13.7. The van der Waals surface area contributed by atoms with Crippen LogP contribution in [0.1, 0.15) is 5.56 Å². The second kappa shape index (κ2) is 9.20. The summed E-state index contributed by atoms with van der Waals surface area (Å²) in [6.45, 7) is 2.11. The smallest absolute Gasteiger partial charge is 0.175 e. The number of hydrogen-bond acceptors (Lipinski definition) is 1. The molecule has 1 heterocycles. The summed E-state index contributed by atoms with van der Waals surface area (Å²) in [7, 11) is 1.96. The summed E-state index contributed by atoms with van der Waals surface area (Å²) in [5, 5.41) is 9.33. The van der Waals surface area contributed by atoms with E-state index < -0.39 is 0 Å². The van der Waals surface area contributed by atoms with Gasteiger partial charge >= 0.3 is 0 Å². The van der Waals surface area contributed by atoms with Crippen LogP contribution in [0.25, 0.3) is 43.9 Å². The van der Waals surface area contributed by atoms with E-state index in [-0.39, 0.29) is 41.1 Å². The van der Waals surface area contributed by atoms with Crippen molar-refractivity contribution in [3.05, 3.63) is 96.7 Å². The Morgan fingerprint density at radius 1 is 0.800 bits per heavy atom. The molecule has 0 aliphatic carbocycles. The summed E-state index contributed by atoms with van der Waals surface area (Å²) in [5.41, 5.74) is 5.42. The second-order valence-corrected chi connectivity index (χ2v) is 7.06. The Kier molecular flexibility index (Phi) is 6.85. The van der Waals surface area contributed by atoms with Crippen LogP contribution in [0.5, 0.6) is 0 Å². The van der Waals surface area contributed by atoms with Gasteiger partial charge in [0.15, 0.2) is 12.7 Å². The van der Waals surface area contributed by atoms with Crippen LogP contribution in [0.4, 0.5) is 0 Å². The summed E-state index contributed by atoms with van der Waals surface area (Å²) >= 11 is 0. The van der Waals surface area contributed by atoms with Crippen LogP contribution < -0.4 is 4.68 Å². The monoisotopic (exact) mass is 459 g/mol. The van der Waals surface area contributed by atoms with E-state index in [1.165, 1.54) is 27.1 Å². The normalized spacial score (nSPS) is 10.5. The zero-order valence-electron chi connectivity index (χ0n) is 17.1. The molecule has 5 aromatic rings. The Morgan fingerprint density at radius 2 is 1.63 bits per heavy atom. The molecule has 0 spiro atoms. The minimum Gasteiger partial charge on any atom is -0.202 e. The van der Waals surface area contributed by atoms with Crippen molar-refractivity contribution in [2.75, 3.05) is 0 Å². The number of aromatic nitrogens is 2. The molecule has 0 saturated heterocycles. The number of rotatable bonds is 2. The number of benzene rings is 4. The first-order valence-corrected chi connectivity index (χ1v) is 9.39. The minimum absolute atomic E-state index is 0. The van der Waals surface area contributed by atoms with Crippen LogP contribution in [-0.2, 0) is 39.8 Å².